The molecule has 0 unspecified atom stereocenters. The number of anilines is 1. The average Bonchev–Trinajstić information content (AvgIpc) is 3.09. The summed E-state index contributed by atoms with van der Waals surface area (Å²) in [4.78, 5) is 43.7. The smallest absolute Gasteiger partial charge is 0.310 e. The zero-order valence-corrected chi connectivity index (χ0v) is 18.3. The van der Waals surface area contributed by atoms with Gasteiger partial charge in [0.2, 0.25) is 5.91 Å². The number of piperidine rings is 1. The quantitative estimate of drug-likeness (QED) is 0.506. The molecule has 162 valence electrons. The molecular formula is C24H26N2O4S. The molecule has 2 saturated heterocycles. The second-order valence-electron chi connectivity index (χ2n) is 7.76. The van der Waals surface area contributed by atoms with Gasteiger partial charge in [-0.15, -0.1) is 0 Å². The molecule has 0 aliphatic carbocycles. The van der Waals surface area contributed by atoms with E-state index >= 15 is 0 Å². The first-order valence-electron chi connectivity index (χ1n) is 10.7. The van der Waals surface area contributed by atoms with E-state index in [1.54, 1.807) is 6.92 Å². The lowest BCUT2D eigenvalue weighted by Crippen LogP contribution is -2.48. The molecule has 7 heteroatoms. The maximum absolute atomic E-state index is 13.4. The number of amides is 2. The summed E-state index contributed by atoms with van der Waals surface area (Å²) in [6.07, 6.45) is 1.70. The molecule has 0 bridgehead atoms. The molecule has 0 aromatic heterocycles. The van der Waals surface area contributed by atoms with Gasteiger partial charge in [0, 0.05) is 16.3 Å². The van der Waals surface area contributed by atoms with Crippen molar-refractivity contribution in [3.8, 4) is 0 Å². The first kappa shape index (κ1) is 21.6. The minimum atomic E-state index is -0.528. The van der Waals surface area contributed by atoms with E-state index in [0.29, 0.717) is 25.4 Å². The van der Waals surface area contributed by atoms with Crippen LogP contribution in [-0.4, -0.2) is 48.4 Å². The molecular weight excluding hydrogens is 412 g/mol. The van der Waals surface area contributed by atoms with Gasteiger partial charge in [0.05, 0.1) is 30.7 Å². The van der Waals surface area contributed by atoms with Crippen LogP contribution in [0.25, 0.3) is 0 Å². The predicted octanol–water partition coefficient (Wildman–Crippen LogP) is 3.74. The molecule has 0 spiro atoms. The maximum Gasteiger partial charge on any atom is 0.310 e. The largest absolute Gasteiger partial charge is 0.466 e. The van der Waals surface area contributed by atoms with E-state index in [0.717, 1.165) is 22.6 Å². The van der Waals surface area contributed by atoms with Crippen LogP contribution in [0.15, 0.2) is 64.4 Å². The number of carbonyl (C=O) groups is 3. The van der Waals surface area contributed by atoms with Crippen molar-refractivity contribution in [1.82, 2.24) is 4.90 Å². The molecule has 0 saturated carbocycles. The Morgan fingerprint density at radius 1 is 1.10 bits per heavy atom. The highest BCUT2D eigenvalue weighted by atomic mass is 32.2. The van der Waals surface area contributed by atoms with Gasteiger partial charge >= 0.3 is 5.97 Å². The highest BCUT2D eigenvalue weighted by molar-refractivity contribution is 7.99. The number of rotatable bonds is 6. The lowest BCUT2D eigenvalue weighted by molar-refractivity contribution is -0.150. The minimum absolute atomic E-state index is 0.138. The molecule has 2 fully saturated rings. The fraction of sp³-hybridized carbons (Fsp3) is 0.375. The van der Waals surface area contributed by atoms with Crippen LogP contribution in [0.4, 0.5) is 5.69 Å². The second kappa shape index (κ2) is 9.66. The van der Waals surface area contributed by atoms with E-state index in [2.05, 4.69) is 0 Å². The standard InChI is InChI=1S/C24H26N2O4S/c1-2-30-24(29)17-9-8-14-25(16-17)20-15-22(27)26(23(20)28)19-12-6-7-13-21(19)31-18-10-4-3-5-11-18/h3-7,10-13,17,20H,2,8-9,14-16H2,1H3/t17-,20-/m1/s1. The van der Waals surface area contributed by atoms with E-state index in [1.165, 1.54) is 16.7 Å². The SMILES string of the molecule is CCOC(=O)[C@@H]1CCCN([C@@H]2CC(=O)N(c3ccccc3Sc3ccccc3)C2=O)C1. The van der Waals surface area contributed by atoms with Gasteiger partial charge in [-0.2, -0.15) is 0 Å². The first-order chi connectivity index (χ1) is 15.1. The Balaban J connectivity index is 1.53. The molecule has 4 rings (SSSR count). The molecule has 31 heavy (non-hydrogen) atoms. The number of para-hydroxylation sites is 1. The van der Waals surface area contributed by atoms with E-state index in [4.69, 9.17) is 4.74 Å². The zero-order chi connectivity index (χ0) is 21.8. The fourth-order valence-corrected chi connectivity index (χ4v) is 5.20. The lowest BCUT2D eigenvalue weighted by atomic mass is 9.96. The highest BCUT2D eigenvalue weighted by Crippen LogP contribution is 2.38. The number of ether oxygens (including phenoxy) is 1. The molecule has 6 nitrogen and oxygen atoms in total. The third kappa shape index (κ3) is 4.67. The third-order valence-electron chi connectivity index (χ3n) is 5.71. The van der Waals surface area contributed by atoms with Gasteiger partial charge in [-0.25, -0.2) is 4.90 Å². The molecule has 2 heterocycles. The van der Waals surface area contributed by atoms with Crippen molar-refractivity contribution < 1.29 is 19.1 Å². The predicted molar refractivity (Wildman–Crippen MR) is 119 cm³/mol. The van der Waals surface area contributed by atoms with Crippen LogP contribution < -0.4 is 4.90 Å². The van der Waals surface area contributed by atoms with Gasteiger partial charge < -0.3 is 4.74 Å². The number of esters is 1. The van der Waals surface area contributed by atoms with Crippen LogP contribution in [-0.2, 0) is 19.1 Å². The van der Waals surface area contributed by atoms with Gasteiger partial charge in [-0.3, -0.25) is 19.3 Å². The number of hydrogen-bond donors (Lipinski definition) is 0. The van der Waals surface area contributed by atoms with Gasteiger partial charge in [-0.05, 0) is 50.6 Å². The van der Waals surface area contributed by atoms with E-state index in [9.17, 15) is 14.4 Å². The Kier molecular flexibility index (Phi) is 6.73. The van der Waals surface area contributed by atoms with Gasteiger partial charge in [0.25, 0.3) is 5.91 Å². The summed E-state index contributed by atoms with van der Waals surface area (Å²) in [7, 11) is 0. The molecule has 2 aromatic carbocycles. The van der Waals surface area contributed by atoms with Crippen LogP contribution in [0.5, 0.6) is 0 Å². The number of imide groups is 1. The maximum atomic E-state index is 13.4. The summed E-state index contributed by atoms with van der Waals surface area (Å²) in [5.41, 5.74) is 0.618. The molecule has 2 aliphatic rings. The Hall–Kier alpha value is -2.64. The van der Waals surface area contributed by atoms with Crippen molar-refractivity contribution in [2.24, 2.45) is 5.92 Å². The number of nitrogens with zero attached hydrogens (tertiary/aromatic N) is 2. The van der Waals surface area contributed by atoms with Crippen molar-refractivity contribution >= 4 is 35.2 Å². The van der Waals surface area contributed by atoms with Crippen LogP contribution in [0, 0.1) is 5.92 Å². The Bertz CT molecular complexity index is 965. The highest BCUT2D eigenvalue weighted by Gasteiger charge is 2.45. The van der Waals surface area contributed by atoms with Crippen molar-refractivity contribution in [2.45, 2.75) is 42.0 Å². The third-order valence-corrected chi connectivity index (χ3v) is 6.79. The molecule has 0 radical (unpaired) electrons. The van der Waals surface area contributed by atoms with Crippen LogP contribution in [0.1, 0.15) is 26.2 Å². The van der Waals surface area contributed by atoms with Crippen molar-refractivity contribution in [1.29, 1.82) is 0 Å². The summed E-state index contributed by atoms with van der Waals surface area (Å²) in [6, 6.07) is 16.9. The topological polar surface area (TPSA) is 66.9 Å². The van der Waals surface area contributed by atoms with Crippen molar-refractivity contribution in [3.05, 3.63) is 54.6 Å². The number of benzene rings is 2. The number of hydrogen-bond acceptors (Lipinski definition) is 6. The molecule has 0 N–H and O–H groups in total. The van der Waals surface area contributed by atoms with Crippen LogP contribution in [0.3, 0.4) is 0 Å². The summed E-state index contributed by atoms with van der Waals surface area (Å²) in [5.74, 6) is -0.873. The Morgan fingerprint density at radius 3 is 2.61 bits per heavy atom. The summed E-state index contributed by atoms with van der Waals surface area (Å²) in [5, 5.41) is 0. The lowest BCUT2D eigenvalue weighted by Gasteiger charge is -2.34. The minimum Gasteiger partial charge on any atom is -0.466 e. The van der Waals surface area contributed by atoms with Crippen molar-refractivity contribution in [2.75, 3.05) is 24.6 Å². The zero-order valence-electron chi connectivity index (χ0n) is 17.5. The van der Waals surface area contributed by atoms with E-state index < -0.39 is 6.04 Å². The summed E-state index contributed by atoms with van der Waals surface area (Å²) in [6.45, 7) is 3.30. The van der Waals surface area contributed by atoms with E-state index in [-0.39, 0.29) is 30.1 Å². The van der Waals surface area contributed by atoms with Crippen LogP contribution in [0.2, 0.25) is 0 Å². The second-order valence-corrected chi connectivity index (χ2v) is 8.87. The van der Waals surface area contributed by atoms with Crippen LogP contribution >= 0.6 is 11.8 Å². The fourth-order valence-electron chi connectivity index (χ4n) is 4.24. The summed E-state index contributed by atoms with van der Waals surface area (Å²) < 4.78 is 5.17. The van der Waals surface area contributed by atoms with Crippen molar-refractivity contribution in [3.63, 3.8) is 0 Å². The summed E-state index contributed by atoms with van der Waals surface area (Å²) >= 11 is 1.53. The van der Waals surface area contributed by atoms with E-state index in [1.807, 2.05) is 59.5 Å². The Labute approximate surface area is 186 Å². The first-order valence-corrected chi connectivity index (χ1v) is 11.5. The normalized spacial score (nSPS) is 22.0. The molecule has 2 atom stereocenters. The molecule has 2 aromatic rings. The number of likely N-dealkylation sites (tertiary alicyclic amines) is 1. The molecule has 2 aliphatic heterocycles. The Morgan fingerprint density at radius 2 is 1.84 bits per heavy atom. The van der Waals surface area contributed by atoms with Gasteiger partial charge in [0.15, 0.2) is 0 Å². The van der Waals surface area contributed by atoms with Gasteiger partial charge in [0.1, 0.15) is 0 Å². The molecule has 2 amide bonds. The monoisotopic (exact) mass is 438 g/mol. The average molecular weight is 439 g/mol. The number of carbonyl (C=O) groups excluding carboxylic acids is 3. The van der Waals surface area contributed by atoms with Gasteiger partial charge in [-0.1, -0.05) is 42.1 Å².